The van der Waals surface area contributed by atoms with E-state index in [9.17, 15) is 14.7 Å². The van der Waals surface area contributed by atoms with Gasteiger partial charge in [0.05, 0.1) is 21.8 Å². The zero-order valence-corrected chi connectivity index (χ0v) is 23.9. The molecular weight excluding hydrogens is 561 g/mol. The smallest absolute Gasteiger partial charge is 0.328 e. The number of benzene rings is 1. The van der Waals surface area contributed by atoms with Gasteiger partial charge in [-0.05, 0) is 67.5 Å². The number of aromatic nitrogens is 1. The molecule has 0 spiro atoms. The minimum Gasteiger partial charge on any atom is -0.478 e. The Bertz CT molecular complexity index is 1030. The van der Waals surface area contributed by atoms with Crippen molar-refractivity contribution >= 4 is 40.8 Å². The van der Waals surface area contributed by atoms with Crippen LogP contribution in [0.25, 0.3) is 0 Å². The van der Waals surface area contributed by atoms with Crippen LogP contribution in [-0.4, -0.2) is 70.3 Å². The first kappa shape index (κ1) is 35.3. The molecule has 0 radical (unpaired) electrons. The Morgan fingerprint density at radius 3 is 2.10 bits per heavy atom. The average molecular weight is 601 g/mol. The average Bonchev–Trinajstić information content (AvgIpc) is 2.91. The lowest BCUT2D eigenvalue weighted by molar-refractivity contribution is -0.134. The first-order chi connectivity index (χ1) is 19.1. The van der Waals surface area contributed by atoms with Gasteiger partial charge in [0, 0.05) is 50.9 Å². The molecular formula is C28H39Cl2N3O7. The number of carboxylic acids is 2. The molecule has 222 valence electrons. The van der Waals surface area contributed by atoms with Crippen molar-refractivity contribution < 1.29 is 34.8 Å². The van der Waals surface area contributed by atoms with Crippen LogP contribution in [0.1, 0.15) is 54.9 Å². The summed E-state index contributed by atoms with van der Waals surface area (Å²) in [6.45, 7) is 2.98. The molecule has 12 heteroatoms. The highest BCUT2D eigenvalue weighted by Gasteiger charge is 2.12. The van der Waals surface area contributed by atoms with E-state index in [0.29, 0.717) is 46.4 Å². The molecule has 0 aliphatic rings. The fourth-order valence-corrected chi connectivity index (χ4v) is 4.03. The van der Waals surface area contributed by atoms with E-state index in [0.717, 1.165) is 63.8 Å². The van der Waals surface area contributed by atoms with Crippen LogP contribution in [0.15, 0.2) is 42.7 Å². The summed E-state index contributed by atoms with van der Waals surface area (Å²) in [5, 5.41) is 38.9. The van der Waals surface area contributed by atoms with E-state index in [-0.39, 0.29) is 6.61 Å². The van der Waals surface area contributed by atoms with Crippen LogP contribution in [0.5, 0.6) is 0 Å². The van der Waals surface area contributed by atoms with Crippen molar-refractivity contribution in [1.29, 1.82) is 0 Å². The molecule has 0 amide bonds. The van der Waals surface area contributed by atoms with Gasteiger partial charge in [0.15, 0.2) is 0 Å². The number of carboxylic acid groups (broad SMARTS) is 2. The predicted molar refractivity (Wildman–Crippen MR) is 156 cm³/mol. The van der Waals surface area contributed by atoms with Gasteiger partial charge in [-0.1, -0.05) is 42.1 Å². The highest BCUT2D eigenvalue weighted by molar-refractivity contribution is 6.38. The van der Waals surface area contributed by atoms with Crippen LogP contribution >= 0.6 is 23.2 Å². The van der Waals surface area contributed by atoms with E-state index in [4.69, 9.17) is 49.0 Å². The molecule has 1 unspecified atom stereocenters. The second-order valence-corrected chi connectivity index (χ2v) is 9.75. The summed E-state index contributed by atoms with van der Waals surface area (Å²) in [7, 11) is 0. The summed E-state index contributed by atoms with van der Waals surface area (Å²) in [5.74, 6) is -2.51. The Morgan fingerprint density at radius 1 is 0.925 bits per heavy atom. The number of nitrogens with two attached hydrogens (primary N) is 1. The molecule has 2 rings (SSSR count). The van der Waals surface area contributed by atoms with Crippen LogP contribution in [0.3, 0.4) is 0 Å². The number of unbranched alkanes of at least 4 members (excludes halogenated alkanes) is 3. The lowest BCUT2D eigenvalue weighted by Gasteiger charge is -2.14. The number of aliphatic hydroxyl groups is 2. The number of carbonyl (C=O) groups is 2. The van der Waals surface area contributed by atoms with Gasteiger partial charge >= 0.3 is 11.9 Å². The Kier molecular flexibility index (Phi) is 18.6. The van der Waals surface area contributed by atoms with Crippen molar-refractivity contribution in [3.63, 3.8) is 0 Å². The Labute approximate surface area is 244 Å². The number of aryl methyl sites for hydroxylation is 1. The zero-order valence-electron chi connectivity index (χ0n) is 22.4. The number of anilines is 1. The topological polar surface area (TPSA) is 175 Å². The summed E-state index contributed by atoms with van der Waals surface area (Å²) in [6, 6.07) is 5.41. The number of halogens is 2. The molecule has 7 N–H and O–H groups in total. The first-order valence-corrected chi connectivity index (χ1v) is 13.8. The molecule has 0 saturated heterocycles. The summed E-state index contributed by atoms with van der Waals surface area (Å²) in [4.78, 5) is 23.3. The normalized spacial score (nSPS) is 11.7. The van der Waals surface area contributed by atoms with Gasteiger partial charge in [0.1, 0.15) is 0 Å². The third-order valence-corrected chi connectivity index (χ3v) is 6.22. The number of aliphatic hydroxyl groups excluding tert-OH is 2. The fourth-order valence-electron chi connectivity index (χ4n) is 3.53. The molecule has 0 aliphatic carbocycles. The molecule has 1 heterocycles. The van der Waals surface area contributed by atoms with Crippen molar-refractivity contribution in [2.45, 2.75) is 51.0 Å². The first-order valence-electron chi connectivity index (χ1n) is 13.0. The number of ether oxygens (including phenoxy) is 1. The van der Waals surface area contributed by atoms with E-state index in [1.54, 1.807) is 18.3 Å². The SMILES string of the molecule is Nc1c(Cl)cc(C(O)CNCCCCCCOCCCc2cncc(CCO)c2)cc1Cl.O=C(O)/C=C/C(=O)O. The van der Waals surface area contributed by atoms with Gasteiger partial charge in [-0.15, -0.1) is 0 Å². The zero-order chi connectivity index (χ0) is 29.8. The molecule has 10 nitrogen and oxygen atoms in total. The summed E-state index contributed by atoms with van der Waals surface area (Å²) < 4.78 is 5.73. The van der Waals surface area contributed by atoms with Crippen LogP contribution in [-0.2, 0) is 27.2 Å². The Morgan fingerprint density at radius 2 is 1.50 bits per heavy atom. The van der Waals surface area contributed by atoms with Gasteiger partial charge in [-0.3, -0.25) is 4.98 Å². The number of nitrogen functional groups attached to an aromatic ring is 1. The Balaban J connectivity index is 0.000000869. The Hall–Kier alpha value is -2.73. The van der Waals surface area contributed by atoms with Gasteiger partial charge in [-0.25, -0.2) is 9.59 Å². The maximum atomic E-state index is 10.3. The second kappa shape index (κ2) is 21.1. The van der Waals surface area contributed by atoms with Gasteiger partial charge in [0.2, 0.25) is 0 Å². The molecule has 0 saturated carbocycles. The van der Waals surface area contributed by atoms with Crippen LogP contribution in [0, 0.1) is 0 Å². The maximum absolute atomic E-state index is 10.3. The molecule has 0 fully saturated rings. The number of hydrogen-bond donors (Lipinski definition) is 6. The van der Waals surface area contributed by atoms with Crippen molar-refractivity contribution in [3.05, 3.63) is 69.5 Å². The van der Waals surface area contributed by atoms with Crippen LogP contribution in [0.2, 0.25) is 10.0 Å². The third kappa shape index (κ3) is 16.4. The summed E-state index contributed by atoms with van der Waals surface area (Å²) in [6.07, 6.45) is 11.0. The lowest BCUT2D eigenvalue weighted by Crippen LogP contribution is -2.22. The predicted octanol–water partition coefficient (Wildman–Crippen LogP) is 4.05. The summed E-state index contributed by atoms with van der Waals surface area (Å²) in [5.41, 5.74) is 8.99. The van der Waals surface area contributed by atoms with Crippen molar-refractivity contribution in [2.24, 2.45) is 0 Å². The monoisotopic (exact) mass is 599 g/mol. The van der Waals surface area contributed by atoms with E-state index in [2.05, 4.69) is 16.4 Å². The molecule has 1 aromatic carbocycles. The van der Waals surface area contributed by atoms with Crippen molar-refractivity contribution in [1.82, 2.24) is 10.3 Å². The molecule has 40 heavy (non-hydrogen) atoms. The third-order valence-electron chi connectivity index (χ3n) is 5.59. The number of hydrogen-bond acceptors (Lipinski definition) is 8. The van der Waals surface area contributed by atoms with Gasteiger partial charge in [-0.2, -0.15) is 0 Å². The number of nitrogens with one attached hydrogen (secondary N) is 1. The highest BCUT2D eigenvalue weighted by atomic mass is 35.5. The van der Waals surface area contributed by atoms with E-state index in [1.165, 1.54) is 5.56 Å². The standard InChI is InChI=1S/C24H35Cl2N3O3.C4H4O4/c25-21-13-20(14-22(26)24(21)27)23(31)17-28-8-3-1-2-4-10-32-11-5-6-18-12-19(7-9-30)16-29-15-18;5-3(6)1-2-4(7)8/h12-16,23,28,30-31H,1-11,17,27H2;1-2H,(H,5,6)(H,7,8)/b;2-1+. The minimum absolute atomic E-state index is 0.153. The van der Waals surface area contributed by atoms with Crippen molar-refractivity contribution in [3.8, 4) is 0 Å². The summed E-state index contributed by atoms with van der Waals surface area (Å²) >= 11 is 12.0. The molecule has 1 atom stereocenters. The minimum atomic E-state index is -1.26. The quantitative estimate of drug-likeness (QED) is 0.0832. The highest BCUT2D eigenvalue weighted by Crippen LogP contribution is 2.31. The van der Waals surface area contributed by atoms with Crippen molar-refractivity contribution in [2.75, 3.05) is 38.6 Å². The molecule has 1 aromatic heterocycles. The number of rotatable bonds is 18. The number of pyridine rings is 1. The maximum Gasteiger partial charge on any atom is 0.328 e. The fraction of sp³-hybridized carbons (Fsp3) is 0.464. The van der Waals surface area contributed by atoms with E-state index < -0.39 is 18.0 Å². The number of aliphatic carboxylic acids is 2. The van der Waals surface area contributed by atoms with Gasteiger partial charge in [0.25, 0.3) is 0 Å². The largest absolute Gasteiger partial charge is 0.478 e. The number of nitrogens with zero attached hydrogens (tertiary/aromatic N) is 1. The van der Waals surface area contributed by atoms with Gasteiger partial charge < -0.3 is 36.2 Å². The van der Waals surface area contributed by atoms with Crippen LogP contribution in [0.4, 0.5) is 5.69 Å². The lowest BCUT2D eigenvalue weighted by atomic mass is 10.1. The molecule has 2 aromatic rings. The van der Waals surface area contributed by atoms with E-state index in [1.807, 2.05) is 6.20 Å². The second-order valence-electron chi connectivity index (χ2n) is 8.93. The van der Waals surface area contributed by atoms with E-state index >= 15 is 0 Å². The molecule has 0 aliphatic heterocycles. The molecule has 0 bridgehead atoms. The van der Waals surface area contributed by atoms with Crippen LogP contribution < -0.4 is 11.1 Å².